The molecule has 1 aromatic rings. The third-order valence-electron chi connectivity index (χ3n) is 3.68. The van der Waals surface area contributed by atoms with Gasteiger partial charge in [0.15, 0.2) is 9.84 Å². The molecule has 0 bridgehead atoms. The first kappa shape index (κ1) is 17.5. The largest absolute Gasteiger partial charge is 0.351 e. The second kappa shape index (κ2) is 7.59. The lowest BCUT2D eigenvalue weighted by molar-refractivity contribution is -0.119. The molecule has 1 saturated heterocycles. The summed E-state index contributed by atoms with van der Waals surface area (Å²) in [6.07, 6.45) is 1.97. The van der Waals surface area contributed by atoms with Gasteiger partial charge in [0, 0.05) is 25.2 Å². The molecule has 0 atom stereocenters. The highest BCUT2D eigenvalue weighted by Crippen LogP contribution is 2.21. The van der Waals surface area contributed by atoms with Gasteiger partial charge in [-0.15, -0.1) is 0 Å². The van der Waals surface area contributed by atoms with Gasteiger partial charge in [0.1, 0.15) is 5.75 Å². The zero-order chi connectivity index (χ0) is 16.9. The van der Waals surface area contributed by atoms with E-state index in [1.807, 2.05) is 24.3 Å². The van der Waals surface area contributed by atoms with Gasteiger partial charge in [-0.05, 0) is 30.5 Å². The Bertz CT molecular complexity index is 668. The lowest BCUT2D eigenvalue weighted by Gasteiger charge is -2.16. The number of amides is 2. The average Bonchev–Trinajstić information content (AvgIpc) is 2.91. The molecular weight excluding hydrogens is 316 g/mol. The molecule has 1 heterocycles. The molecule has 0 aliphatic carbocycles. The second-order valence-electron chi connectivity index (χ2n) is 5.68. The molecule has 2 amide bonds. The lowest BCUT2D eigenvalue weighted by Crippen LogP contribution is -2.30. The number of sulfone groups is 1. The first-order valence-electron chi connectivity index (χ1n) is 7.78. The zero-order valence-corrected chi connectivity index (χ0v) is 14.1. The first-order chi connectivity index (χ1) is 10.9. The van der Waals surface area contributed by atoms with Crippen molar-refractivity contribution in [3.63, 3.8) is 0 Å². The molecule has 23 heavy (non-hydrogen) atoms. The Hall–Kier alpha value is -1.89. The van der Waals surface area contributed by atoms with E-state index in [2.05, 4.69) is 5.32 Å². The maximum Gasteiger partial charge on any atom is 0.235 e. The van der Waals surface area contributed by atoms with Crippen LogP contribution in [0.4, 0.5) is 5.69 Å². The molecule has 1 N–H and O–H groups in total. The van der Waals surface area contributed by atoms with E-state index in [0.29, 0.717) is 12.8 Å². The number of rotatable bonds is 7. The summed E-state index contributed by atoms with van der Waals surface area (Å²) in [6, 6.07) is 7.36. The fraction of sp³-hybridized carbons (Fsp3) is 0.500. The molecule has 0 spiro atoms. The number of nitrogens with zero attached hydrogens (tertiary/aromatic N) is 1. The SMILES string of the molecule is CCCS(=O)(=O)CC(=O)NCc1ccc(N2CCCC2=O)cc1. The van der Waals surface area contributed by atoms with E-state index in [0.717, 1.165) is 24.2 Å². The van der Waals surface area contributed by atoms with Gasteiger partial charge in [-0.3, -0.25) is 9.59 Å². The highest BCUT2D eigenvalue weighted by molar-refractivity contribution is 7.92. The third-order valence-corrected chi connectivity index (χ3v) is 5.41. The predicted molar refractivity (Wildman–Crippen MR) is 88.8 cm³/mol. The van der Waals surface area contributed by atoms with Gasteiger partial charge in [-0.2, -0.15) is 0 Å². The molecule has 1 fully saturated rings. The van der Waals surface area contributed by atoms with Crippen LogP contribution in [0.1, 0.15) is 31.7 Å². The Morgan fingerprint density at radius 2 is 1.96 bits per heavy atom. The number of benzene rings is 1. The highest BCUT2D eigenvalue weighted by atomic mass is 32.2. The Labute approximate surface area is 136 Å². The zero-order valence-electron chi connectivity index (χ0n) is 13.2. The van der Waals surface area contributed by atoms with E-state index >= 15 is 0 Å². The number of anilines is 1. The van der Waals surface area contributed by atoms with Crippen molar-refractivity contribution in [3.05, 3.63) is 29.8 Å². The summed E-state index contributed by atoms with van der Waals surface area (Å²) in [5, 5.41) is 2.61. The molecule has 2 rings (SSSR count). The van der Waals surface area contributed by atoms with Crippen molar-refractivity contribution in [1.29, 1.82) is 0 Å². The van der Waals surface area contributed by atoms with Crippen LogP contribution >= 0.6 is 0 Å². The van der Waals surface area contributed by atoms with Crippen molar-refractivity contribution in [1.82, 2.24) is 5.32 Å². The van der Waals surface area contributed by atoms with Crippen LogP contribution in [0.15, 0.2) is 24.3 Å². The van der Waals surface area contributed by atoms with Crippen LogP contribution in [-0.2, 0) is 26.0 Å². The van der Waals surface area contributed by atoms with E-state index in [4.69, 9.17) is 0 Å². The second-order valence-corrected chi connectivity index (χ2v) is 7.87. The summed E-state index contributed by atoms with van der Waals surface area (Å²) in [6.45, 7) is 2.78. The van der Waals surface area contributed by atoms with Gasteiger partial charge in [0.05, 0.1) is 5.75 Å². The van der Waals surface area contributed by atoms with E-state index in [-0.39, 0.29) is 18.2 Å². The molecule has 0 aromatic heterocycles. The van der Waals surface area contributed by atoms with Crippen LogP contribution < -0.4 is 10.2 Å². The maximum atomic E-state index is 11.7. The summed E-state index contributed by atoms with van der Waals surface area (Å²) in [7, 11) is -3.32. The van der Waals surface area contributed by atoms with E-state index in [1.165, 1.54) is 0 Å². The Morgan fingerprint density at radius 3 is 2.52 bits per heavy atom. The normalized spacial score (nSPS) is 15.0. The van der Waals surface area contributed by atoms with Gasteiger partial charge >= 0.3 is 0 Å². The molecule has 1 aliphatic rings. The van der Waals surface area contributed by atoms with E-state index < -0.39 is 21.5 Å². The molecule has 126 valence electrons. The Balaban J connectivity index is 1.86. The highest BCUT2D eigenvalue weighted by Gasteiger charge is 2.21. The minimum absolute atomic E-state index is 0.0268. The summed E-state index contributed by atoms with van der Waals surface area (Å²) in [5.41, 5.74) is 1.72. The number of carbonyl (C=O) groups excluding carboxylic acids is 2. The number of hydrogen-bond acceptors (Lipinski definition) is 4. The van der Waals surface area contributed by atoms with Gasteiger partial charge in [-0.1, -0.05) is 19.1 Å². The smallest absolute Gasteiger partial charge is 0.235 e. The number of carbonyl (C=O) groups is 2. The molecule has 0 radical (unpaired) electrons. The van der Waals surface area contributed by atoms with Gasteiger partial charge in [0.2, 0.25) is 11.8 Å². The molecule has 0 unspecified atom stereocenters. The topological polar surface area (TPSA) is 83.6 Å². The summed E-state index contributed by atoms with van der Waals surface area (Å²) in [5.74, 6) is -0.801. The molecule has 0 saturated carbocycles. The van der Waals surface area contributed by atoms with Gasteiger partial charge < -0.3 is 10.2 Å². The minimum Gasteiger partial charge on any atom is -0.351 e. The van der Waals surface area contributed by atoms with Crippen molar-refractivity contribution in [2.45, 2.75) is 32.7 Å². The first-order valence-corrected chi connectivity index (χ1v) is 9.60. The van der Waals surface area contributed by atoms with Crippen LogP contribution in [0.25, 0.3) is 0 Å². The van der Waals surface area contributed by atoms with Crippen LogP contribution in [0.2, 0.25) is 0 Å². The van der Waals surface area contributed by atoms with Crippen molar-refractivity contribution in [2.75, 3.05) is 23.0 Å². The number of hydrogen-bond donors (Lipinski definition) is 1. The minimum atomic E-state index is -3.32. The average molecular weight is 338 g/mol. The fourth-order valence-electron chi connectivity index (χ4n) is 2.55. The summed E-state index contributed by atoms with van der Waals surface area (Å²) in [4.78, 5) is 25.1. The molecular formula is C16H22N2O4S. The van der Waals surface area contributed by atoms with Crippen molar-refractivity contribution < 1.29 is 18.0 Å². The number of nitrogens with one attached hydrogen (secondary N) is 1. The van der Waals surface area contributed by atoms with Crippen molar-refractivity contribution >= 4 is 27.3 Å². The van der Waals surface area contributed by atoms with Gasteiger partial charge in [0.25, 0.3) is 0 Å². The van der Waals surface area contributed by atoms with Crippen molar-refractivity contribution in [3.8, 4) is 0 Å². The molecule has 1 aliphatic heterocycles. The van der Waals surface area contributed by atoms with Crippen LogP contribution in [-0.4, -0.2) is 38.3 Å². The standard InChI is InChI=1S/C16H22N2O4S/c1-2-10-23(21,22)12-15(19)17-11-13-5-7-14(8-6-13)18-9-3-4-16(18)20/h5-8H,2-4,9-12H2,1H3,(H,17,19). The predicted octanol–water partition coefficient (Wildman–Crippen LogP) is 1.25. The maximum absolute atomic E-state index is 11.7. The molecule has 6 nitrogen and oxygen atoms in total. The molecule has 7 heteroatoms. The van der Waals surface area contributed by atoms with Crippen LogP contribution in [0.5, 0.6) is 0 Å². The van der Waals surface area contributed by atoms with Crippen LogP contribution in [0.3, 0.4) is 0 Å². The van der Waals surface area contributed by atoms with Crippen LogP contribution in [0, 0.1) is 0 Å². The molecule has 1 aromatic carbocycles. The summed E-state index contributed by atoms with van der Waals surface area (Å²) < 4.78 is 23.2. The van der Waals surface area contributed by atoms with Gasteiger partial charge in [-0.25, -0.2) is 8.42 Å². The monoisotopic (exact) mass is 338 g/mol. The fourth-order valence-corrected chi connectivity index (χ4v) is 3.82. The summed E-state index contributed by atoms with van der Waals surface area (Å²) >= 11 is 0. The van der Waals surface area contributed by atoms with E-state index in [9.17, 15) is 18.0 Å². The third kappa shape index (κ3) is 5.06. The Morgan fingerprint density at radius 1 is 1.26 bits per heavy atom. The lowest BCUT2D eigenvalue weighted by atomic mass is 10.2. The van der Waals surface area contributed by atoms with Crippen molar-refractivity contribution in [2.24, 2.45) is 0 Å². The van der Waals surface area contributed by atoms with E-state index in [1.54, 1.807) is 11.8 Å². The quantitative estimate of drug-likeness (QED) is 0.811. The Kier molecular flexibility index (Phi) is 5.76.